The number of ether oxygens (including phenoxy) is 2. The van der Waals surface area contributed by atoms with Crippen molar-refractivity contribution in [2.45, 2.75) is 95.5 Å². The van der Waals surface area contributed by atoms with Crippen molar-refractivity contribution >= 4 is 23.2 Å². The van der Waals surface area contributed by atoms with Crippen molar-refractivity contribution in [3.63, 3.8) is 0 Å². The fourth-order valence-electron chi connectivity index (χ4n) is 8.27. The smallest absolute Gasteiger partial charge is 0.182 e. The molecule has 0 unspecified atom stereocenters. The number of ketones is 2. The van der Waals surface area contributed by atoms with E-state index in [-0.39, 0.29) is 29.8 Å². The van der Waals surface area contributed by atoms with Gasteiger partial charge in [-0.25, -0.2) is 4.39 Å². The molecule has 4 fully saturated rings. The lowest BCUT2D eigenvalue weighted by Crippen LogP contribution is -2.70. The second-order valence-corrected chi connectivity index (χ2v) is 11.5. The van der Waals surface area contributed by atoms with Gasteiger partial charge in [-0.3, -0.25) is 9.59 Å². The first-order chi connectivity index (χ1) is 14.4. The van der Waals surface area contributed by atoms with Crippen molar-refractivity contribution in [2.24, 2.45) is 22.7 Å². The van der Waals surface area contributed by atoms with Crippen LogP contribution in [0.25, 0.3) is 0 Å². The van der Waals surface area contributed by atoms with Crippen LogP contribution >= 0.6 is 11.6 Å². The van der Waals surface area contributed by atoms with Crippen LogP contribution in [0.4, 0.5) is 4.39 Å². The number of aliphatic hydroxyl groups excluding tert-OH is 1. The summed E-state index contributed by atoms with van der Waals surface area (Å²) in [4.78, 5) is 25.3. The molecular weight excluding hydrogens is 423 g/mol. The van der Waals surface area contributed by atoms with Gasteiger partial charge in [0.05, 0.1) is 18.1 Å². The summed E-state index contributed by atoms with van der Waals surface area (Å²) in [6, 6.07) is 0. The third-order valence-electron chi connectivity index (χ3n) is 9.57. The average molecular weight is 455 g/mol. The summed E-state index contributed by atoms with van der Waals surface area (Å²) in [5, 5.41) is 11.4. The molecule has 1 saturated heterocycles. The van der Waals surface area contributed by atoms with Crippen molar-refractivity contribution in [3.05, 3.63) is 11.6 Å². The van der Waals surface area contributed by atoms with E-state index in [9.17, 15) is 14.7 Å². The lowest BCUT2D eigenvalue weighted by atomic mass is 9.44. The minimum atomic E-state index is -1.86. The Morgan fingerprint density at radius 1 is 1.26 bits per heavy atom. The molecule has 172 valence electrons. The standard InChI is InChI=1S/C24H32ClFO5/c1-20(2)30-19-10-16-15-6-5-13-9-14(27)7-8-21(13,3)23(15,26)17(28)11-22(16,4)24(19,31-20)18(29)12-25/h9,15-17,19,28H,5-8,10-12H2,1-4H3/t15-,16-,17+,19+,21+,22+,23-,24+/m1/s1. The number of carbonyl (C=O) groups excluding carboxylic acids is 2. The molecule has 0 radical (unpaired) electrons. The highest BCUT2D eigenvalue weighted by Gasteiger charge is 2.80. The molecule has 0 aromatic heterocycles. The van der Waals surface area contributed by atoms with Gasteiger partial charge in [0.25, 0.3) is 0 Å². The molecule has 8 atom stereocenters. The fraction of sp³-hybridized carbons (Fsp3) is 0.833. The van der Waals surface area contributed by atoms with Crippen LogP contribution in [0, 0.1) is 22.7 Å². The first-order valence-electron chi connectivity index (χ1n) is 11.4. The third kappa shape index (κ3) is 2.43. The predicted octanol–water partition coefficient (Wildman–Crippen LogP) is 3.89. The summed E-state index contributed by atoms with van der Waals surface area (Å²) in [5.41, 5.74) is -4.00. The van der Waals surface area contributed by atoms with Gasteiger partial charge in [0, 0.05) is 23.2 Å². The Hall–Kier alpha value is -0.820. The van der Waals surface area contributed by atoms with Crippen LogP contribution in [0.3, 0.4) is 0 Å². The maximum Gasteiger partial charge on any atom is 0.182 e. The second kappa shape index (κ2) is 6.40. The minimum absolute atomic E-state index is 0.0377. The summed E-state index contributed by atoms with van der Waals surface area (Å²) in [5.74, 6) is -2.02. The van der Waals surface area contributed by atoms with E-state index in [0.29, 0.717) is 32.1 Å². The fourth-order valence-corrected chi connectivity index (χ4v) is 8.47. The van der Waals surface area contributed by atoms with Gasteiger partial charge in [0.15, 0.2) is 23.0 Å². The number of rotatable bonds is 2. The molecule has 0 bridgehead atoms. The second-order valence-electron chi connectivity index (χ2n) is 11.3. The topological polar surface area (TPSA) is 72.8 Å². The summed E-state index contributed by atoms with van der Waals surface area (Å²) in [6.07, 6.45) is 2.28. The SMILES string of the molecule is CC1(C)O[C@H]2C[C@@H]3[C@H]4CCC5=CC(=O)CC[C@]5(C)[C@]4(F)[C@@H](O)C[C@]3(C)[C@@]2(C(=O)CCl)O1. The molecule has 7 heteroatoms. The zero-order chi connectivity index (χ0) is 22.6. The molecule has 0 aromatic rings. The quantitative estimate of drug-likeness (QED) is 0.641. The Labute approximate surface area is 187 Å². The Kier molecular flexibility index (Phi) is 4.54. The lowest BCUT2D eigenvalue weighted by Gasteiger charge is -2.63. The van der Waals surface area contributed by atoms with E-state index in [4.69, 9.17) is 21.1 Å². The van der Waals surface area contributed by atoms with Crippen molar-refractivity contribution in [1.29, 1.82) is 0 Å². The molecule has 4 aliphatic carbocycles. The highest BCUT2D eigenvalue weighted by atomic mass is 35.5. The van der Waals surface area contributed by atoms with Gasteiger partial charge in [-0.05, 0) is 57.9 Å². The summed E-state index contributed by atoms with van der Waals surface area (Å²) >= 11 is 6.05. The third-order valence-corrected chi connectivity index (χ3v) is 9.81. The summed E-state index contributed by atoms with van der Waals surface area (Å²) in [7, 11) is 0. The van der Waals surface area contributed by atoms with Crippen LogP contribution in [0.5, 0.6) is 0 Å². The highest BCUT2D eigenvalue weighted by Crippen LogP contribution is 2.72. The van der Waals surface area contributed by atoms with Gasteiger partial charge in [-0.1, -0.05) is 19.4 Å². The van der Waals surface area contributed by atoms with Crippen LogP contribution in [0.2, 0.25) is 0 Å². The summed E-state index contributed by atoms with van der Waals surface area (Å²) < 4.78 is 29.7. The van der Waals surface area contributed by atoms with Crippen molar-refractivity contribution < 1.29 is 28.6 Å². The van der Waals surface area contributed by atoms with E-state index in [1.54, 1.807) is 19.9 Å². The monoisotopic (exact) mass is 454 g/mol. The van der Waals surface area contributed by atoms with Crippen molar-refractivity contribution in [2.75, 3.05) is 5.88 Å². The van der Waals surface area contributed by atoms with Gasteiger partial charge in [-0.2, -0.15) is 0 Å². The van der Waals surface area contributed by atoms with Gasteiger partial charge in [0.2, 0.25) is 0 Å². The normalized spacial score (nSPS) is 52.6. The Morgan fingerprint density at radius 2 is 1.97 bits per heavy atom. The molecular formula is C24H32ClFO5. The van der Waals surface area contributed by atoms with Crippen LogP contribution in [-0.4, -0.2) is 51.8 Å². The Morgan fingerprint density at radius 3 is 2.65 bits per heavy atom. The largest absolute Gasteiger partial charge is 0.390 e. The predicted molar refractivity (Wildman–Crippen MR) is 112 cm³/mol. The molecule has 5 nitrogen and oxygen atoms in total. The zero-order valence-corrected chi connectivity index (χ0v) is 19.4. The number of Topliss-reactive ketones (excluding diaryl/α,β-unsaturated/α-hetero) is 1. The molecule has 0 spiro atoms. The van der Waals surface area contributed by atoms with E-state index in [2.05, 4.69) is 0 Å². The molecule has 3 saturated carbocycles. The molecule has 5 aliphatic rings. The van der Waals surface area contributed by atoms with Gasteiger partial charge in [-0.15, -0.1) is 11.6 Å². The van der Waals surface area contributed by atoms with Crippen LogP contribution in [0.15, 0.2) is 11.6 Å². The number of hydrogen-bond donors (Lipinski definition) is 1. The van der Waals surface area contributed by atoms with E-state index >= 15 is 4.39 Å². The first-order valence-corrected chi connectivity index (χ1v) is 12.0. The van der Waals surface area contributed by atoms with Gasteiger partial charge in [0.1, 0.15) is 5.67 Å². The van der Waals surface area contributed by atoms with Crippen LogP contribution in [-0.2, 0) is 19.1 Å². The molecule has 0 amide bonds. The molecule has 0 aromatic carbocycles. The number of aliphatic hydroxyl groups is 1. The Bertz CT molecular complexity index is 887. The van der Waals surface area contributed by atoms with Crippen molar-refractivity contribution in [1.82, 2.24) is 0 Å². The minimum Gasteiger partial charge on any atom is -0.390 e. The van der Waals surface area contributed by atoms with E-state index in [0.717, 1.165) is 5.57 Å². The zero-order valence-electron chi connectivity index (χ0n) is 18.7. The van der Waals surface area contributed by atoms with E-state index in [1.807, 2.05) is 13.8 Å². The summed E-state index contributed by atoms with van der Waals surface area (Å²) in [6.45, 7) is 7.38. The maximum atomic E-state index is 17.2. The first kappa shape index (κ1) is 22.0. The Balaban J connectivity index is 1.63. The maximum absolute atomic E-state index is 17.2. The molecule has 5 rings (SSSR count). The molecule has 1 heterocycles. The van der Waals surface area contributed by atoms with Crippen molar-refractivity contribution in [3.8, 4) is 0 Å². The number of carbonyl (C=O) groups is 2. The molecule has 31 heavy (non-hydrogen) atoms. The molecule has 1 aliphatic heterocycles. The highest BCUT2D eigenvalue weighted by molar-refractivity contribution is 6.29. The number of hydrogen-bond acceptors (Lipinski definition) is 5. The van der Waals surface area contributed by atoms with E-state index in [1.165, 1.54) is 0 Å². The van der Waals surface area contributed by atoms with Gasteiger partial charge >= 0.3 is 0 Å². The number of alkyl halides is 2. The average Bonchev–Trinajstić information content (AvgIpc) is 3.09. The van der Waals surface area contributed by atoms with Crippen LogP contribution < -0.4 is 0 Å². The van der Waals surface area contributed by atoms with Gasteiger partial charge < -0.3 is 14.6 Å². The number of fused-ring (bicyclic) bond motifs is 7. The van der Waals surface area contributed by atoms with E-state index < -0.39 is 46.0 Å². The molecule has 1 N–H and O–H groups in total. The van der Waals surface area contributed by atoms with Crippen LogP contribution in [0.1, 0.15) is 66.2 Å². The number of allylic oxidation sites excluding steroid dienone is 1. The number of halogens is 2. The lowest BCUT2D eigenvalue weighted by molar-refractivity contribution is -0.250.